The minimum absolute atomic E-state index is 0.103. The maximum Gasteiger partial charge on any atom is 0.264 e. The van der Waals surface area contributed by atoms with E-state index in [1.807, 2.05) is 64.1 Å². The fourth-order valence-corrected chi connectivity index (χ4v) is 5.82. The molecular weight excluding hydrogens is 510 g/mol. The monoisotopic (exact) mass is 549 g/mol. The molecule has 1 N–H and O–H groups in total. The lowest BCUT2D eigenvalue weighted by Crippen LogP contribution is -2.53. The summed E-state index contributed by atoms with van der Waals surface area (Å²) in [6.07, 6.45) is 1.72. The molecule has 3 aromatic rings. The van der Waals surface area contributed by atoms with Crippen LogP contribution < -0.4 is 9.62 Å². The van der Waals surface area contributed by atoms with Gasteiger partial charge < -0.3 is 10.2 Å². The van der Waals surface area contributed by atoms with Crippen LogP contribution in [0.15, 0.2) is 83.8 Å². The molecule has 0 saturated carbocycles. The van der Waals surface area contributed by atoms with Crippen LogP contribution in [0.3, 0.4) is 0 Å². The highest BCUT2D eigenvalue weighted by Gasteiger charge is 2.33. The van der Waals surface area contributed by atoms with E-state index >= 15 is 0 Å². The maximum atomic E-state index is 14.0. The van der Waals surface area contributed by atoms with Gasteiger partial charge in [0, 0.05) is 13.1 Å². The molecule has 0 aliphatic carbocycles. The van der Waals surface area contributed by atoms with E-state index in [4.69, 9.17) is 0 Å². The largest absolute Gasteiger partial charge is 0.354 e. The molecule has 0 radical (unpaired) electrons. The molecule has 0 unspecified atom stereocenters. The van der Waals surface area contributed by atoms with Crippen molar-refractivity contribution in [1.82, 2.24) is 10.2 Å². The molecule has 0 bridgehead atoms. The zero-order valence-corrected chi connectivity index (χ0v) is 24.1. The van der Waals surface area contributed by atoms with E-state index in [2.05, 4.69) is 5.32 Å². The fourth-order valence-electron chi connectivity index (χ4n) is 4.41. The number of nitrogens with zero attached hydrogens (tertiary/aromatic N) is 2. The van der Waals surface area contributed by atoms with E-state index in [1.165, 1.54) is 4.90 Å². The van der Waals surface area contributed by atoms with Crippen molar-refractivity contribution in [2.75, 3.05) is 23.9 Å². The molecule has 3 aromatic carbocycles. The Morgan fingerprint density at radius 2 is 1.56 bits per heavy atom. The fraction of sp³-hybridized carbons (Fsp3) is 0.355. The van der Waals surface area contributed by atoms with E-state index in [-0.39, 0.29) is 17.3 Å². The number of nitrogens with one attached hydrogen (secondary N) is 1. The summed E-state index contributed by atoms with van der Waals surface area (Å²) in [5.74, 6) is -0.661. The standard InChI is InChI=1S/C31H39N3O4S/c1-5-20-32-31(36)29(6-2)33(21-19-26-12-8-7-9-13-26)30(35)23-34(27-14-10-11-25(4)22-27)39(37,38)28-17-15-24(3)16-18-28/h7-18,22,29H,5-6,19-21,23H2,1-4H3,(H,32,36)/t29-/m0/s1. The number of carbonyl (C=O) groups is 2. The van der Waals surface area contributed by atoms with Crippen molar-refractivity contribution >= 4 is 27.5 Å². The van der Waals surface area contributed by atoms with Crippen LogP contribution in [0.2, 0.25) is 0 Å². The topological polar surface area (TPSA) is 86.8 Å². The van der Waals surface area contributed by atoms with Crippen LogP contribution in [0.4, 0.5) is 5.69 Å². The van der Waals surface area contributed by atoms with Gasteiger partial charge in [-0.25, -0.2) is 8.42 Å². The summed E-state index contributed by atoms with van der Waals surface area (Å²) in [6.45, 7) is 7.96. The molecule has 0 aliphatic rings. The van der Waals surface area contributed by atoms with Gasteiger partial charge in [0.25, 0.3) is 10.0 Å². The highest BCUT2D eigenvalue weighted by Crippen LogP contribution is 2.25. The summed E-state index contributed by atoms with van der Waals surface area (Å²) < 4.78 is 28.9. The summed E-state index contributed by atoms with van der Waals surface area (Å²) in [6, 6.07) is 22.7. The third kappa shape index (κ3) is 7.93. The first kappa shape index (κ1) is 29.9. The van der Waals surface area contributed by atoms with Crippen molar-refractivity contribution in [1.29, 1.82) is 0 Å². The Morgan fingerprint density at radius 1 is 0.872 bits per heavy atom. The molecule has 0 aliphatic heterocycles. The van der Waals surface area contributed by atoms with Gasteiger partial charge in [-0.15, -0.1) is 0 Å². The molecule has 1 atom stereocenters. The van der Waals surface area contributed by atoms with Crippen molar-refractivity contribution in [3.63, 3.8) is 0 Å². The summed E-state index contributed by atoms with van der Waals surface area (Å²) in [5.41, 5.74) is 3.23. The average Bonchev–Trinajstić information content (AvgIpc) is 2.93. The van der Waals surface area contributed by atoms with E-state index < -0.39 is 28.5 Å². The second kappa shape index (κ2) is 13.9. The zero-order chi connectivity index (χ0) is 28.4. The molecule has 8 heteroatoms. The number of aryl methyl sites for hydroxylation is 2. The van der Waals surface area contributed by atoms with Gasteiger partial charge >= 0.3 is 0 Å². The highest BCUT2D eigenvalue weighted by atomic mass is 32.2. The highest BCUT2D eigenvalue weighted by molar-refractivity contribution is 7.92. The van der Waals surface area contributed by atoms with Crippen molar-refractivity contribution in [3.8, 4) is 0 Å². The average molecular weight is 550 g/mol. The van der Waals surface area contributed by atoms with E-state index in [9.17, 15) is 18.0 Å². The molecule has 3 rings (SSSR count). The first-order chi connectivity index (χ1) is 18.7. The third-order valence-corrected chi connectivity index (χ3v) is 8.38. The molecule has 0 fully saturated rings. The van der Waals surface area contributed by atoms with Crippen molar-refractivity contribution in [3.05, 3.63) is 95.6 Å². The predicted molar refractivity (Wildman–Crippen MR) is 156 cm³/mol. The zero-order valence-electron chi connectivity index (χ0n) is 23.3. The number of anilines is 1. The Bertz CT molecular complexity index is 1340. The molecule has 0 aromatic heterocycles. The molecule has 0 spiro atoms. The summed E-state index contributed by atoms with van der Waals surface area (Å²) in [5, 5.41) is 2.91. The summed E-state index contributed by atoms with van der Waals surface area (Å²) in [7, 11) is -4.06. The van der Waals surface area contributed by atoms with Gasteiger partial charge in [-0.1, -0.05) is 74.0 Å². The van der Waals surface area contributed by atoms with Gasteiger partial charge in [-0.3, -0.25) is 13.9 Å². The van der Waals surface area contributed by atoms with Crippen LogP contribution in [-0.2, 0) is 26.0 Å². The van der Waals surface area contributed by atoms with Crippen LogP contribution in [0.5, 0.6) is 0 Å². The van der Waals surface area contributed by atoms with Gasteiger partial charge in [-0.05, 0) is 68.5 Å². The first-order valence-corrected chi connectivity index (χ1v) is 14.9. The van der Waals surface area contributed by atoms with Crippen molar-refractivity contribution < 1.29 is 18.0 Å². The Balaban J connectivity index is 2.00. The normalized spacial score (nSPS) is 12.0. The van der Waals surface area contributed by atoms with Crippen molar-refractivity contribution in [2.24, 2.45) is 0 Å². The minimum Gasteiger partial charge on any atom is -0.354 e. The Kier molecular flexibility index (Phi) is 10.7. The molecular formula is C31H39N3O4S. The molecule has 0 heterocycles. The van der Waals surface area contributed by atoms with Crippen LogP contribution >= 0.6 is 0 Å². The minimum atomic E-state index is -4.06. The van der Waals surface area contributed by atoms with Gasteiger partial charge in [0.15, 0.2) is 0 Å². The maximum absolute atomic E-state index is 14.0. The van der Waals surface area contributed by atoms with Crippen LogP contribution in [0.1, 0.15) is 43.4 Å². The second-order valence-corrected chi connectivity index (χ2v) is 11.6. The number of benzene rings is 3. The van der Waals surface area contributed by atoms with E-state index in [0.717, 1.165) is 27.4 Å². The Morgan fingerprint density at radius 3 is 2.18 bits per heavy atom. The van der Waals surface area contributed by atoms with Gasteiger partial charge in [-0.2, -0.15) is 0 Å². The number of sulfonamides is 1. The predicted octanol–water partition coefficient (Wildman–Crippen LogP) is 4.87. The number of amides is 2. The third-order valence-electron chi connectivity index (χ3n) is 6.60. The quantitative estimate of drug-likeness (QED) is 0.329. The lowest BCUT2D eigenvalue weighted by atomic mass is 10.1. The van der Waals surface area contributed by atoms with E-state index in [1.54, 1.807) is 42.5 Å². The number of rotatable bonds is 13. The summed E-state index contributed by atoms with van der Waals surface area (Å²) in [4.78, 5) is 28.7. The molecule has 39 heavy (non-hydrogen) atoms. The lowest BCUT2D eigenvalue weighted by Gasteiger charge is -2.33. The lowest BCUT2D eigenvalue weighted by molar-refractivity contribution is -0.139. The van der Waals surface area contributed by atoms with E-state index in [0.29, 0.717) is 25.1 Å². The number of hydrogen-bond acceptors (Lipinski definition) is 4. The number of hydrogen-bond donors (Lipinski definition) is 1. The Labute approximate surface area is 232 Å². The molecule has 2 amide bonds. The van der Waals surface area contributed by atoms with Gasteiger partial charge in [0.2, 0.25) is 11.8 Å². The SMILES string of the molecule is CCCNC(=O)[C@H](CC)N(CCc1ccccc1)C(=O)CN(c1cccc(C)c1)S(=O)(=O)c1ccc(C)cc1. The molecule has 0 saturated heterocycles. The summed E-state index contributed by atoms with van der Waals surface area (Å²) >= 11 is 0. The Hall–Kier alpha value is -3.65. The van der Waals surface area contributed by atoms with Crippen LogP contribution in [0, 0.1) is 13.8 Å². The van der Waals surface area contributed by atoms with Crippen molar-refractivity contribution in [2.45, 2.75) is 57.9 Å². The first-order valence-electron chi connectivity index (χ1n) is 13.4. The number of carbonyl (C=O) groups excluding carboxylic acids is 2. The molecule has 7 nitrogen and oxygen atoms in total. The van der Waals surface area contributed by atoms with Crippen LogP contribution in [0.25, 0.3) is 0 Å². The van der Waals surface area contributed by atoms with Crippen LogP contribution in [-0.4, -0.2) is 50.8 Å². The van der Waals surface area contributed by atoms with Gasteiger partial charge in [0.1, 0.15) is 12.6 Å². The van der Waals surface area contributed by atoms with Gasteiger partial charge in [0.05, 0.1) is 10.6 Å². The second-order valence-electron chi connectivity index (χ2n) is 9.70. The smallest absolute Gasteiger partial charge is 0.264 e. The molecule has 208 valence electrons.